The van der Waals surface area contributed by atoms with Gasteiger partial charge in [0, 0.05) is 46.0 Å². The van der Waals surface area contributed by atoms with E-state index in [1.54, 1.807) is 38.6 Å². The third-order valence-corrected chi connectivity index (χ3v) is 6.27. The van der Waals surface area contributed by atoms with Gasteiger partial charge in [-0.25, -0.2) is 15.0 Å². The highest BCUT2D eigenvalue weighted by molar-refractivity contribution is 5.87. The molecule has 2 fully saturated rings. The molecule has 5 rings (SSSR count). The van der Waals surface area contributed by atoms with Gasteiger partial charge in [-0.3, -0.25) is 4.79 Å². The largest absolute Gasteiger partial charge is 0.379 e. The van der Waals surface area contributed by atoms with Gasteiger partial charge in [-0.1, -0.05) is 11.2 Å². The van der Waals surface area contributed by atoms with E-state index in [0.29, 0.717) is 48.5 Å². The normalized spacial score (nSPS) is 25.0. The molecule has 2 saturated heterocycles. The molecule has 5 heterocycles. The second kappa shape index (κ2) is 9.09. The van der Waals surface area contributed by atoms with E-state index in [-0.39, 0.29) is 24.3 Å². The van der Waals surface area contributed by atoms with Crippen molar-refractivity contribution in [2.45, 2.75) is 30.6 Å². The fourth-order valence-electron chi connectivity index (χ4n) is 4.26. The summed E-state index contributed by atoms with van der Waals surface area (Å²) < 4.78 is 16.5. The molecule has 0 aromatic carbocycles. The molecule has 2 aliphatic rings. The number of aliphatic hydroxyl groups is 1. The lowest BCUT2D eigenvalue weighted by Crippen LogP contribution is -2.43. The molecule has 11 nitrogen and oxygen atoms in total. The molecule has 34 heavy (non-hydrogen) atoms. The first kappa shape index (κ1) is 22.4. The molecule has 0 radical (unpaired) electrons. The number of nitrogens with zero attached hydrogens (tertiary/aromatic N) is 5. The Hall–Kier alpha value is -3.41. The van der Waals surface area contributed by atoms with Crippen LogP contribution in [0.1, 0.15) is 18.6 Å². The summed E-state index contributed by atoms with van der Waals surface area (Å²) in [6.45, 7) is 1.63. The van der Waals surface area contributed by atoms with Gasteiger partial charge in [0.05, 0.1) is 35.8 Å². The molecule has 3 aromatic rings. The number of hydrogen-bond acceptors (Lipinski definition) is 10. The molecule has 0 unspecified atom stereocenters. The van der Waals surface area contributed by atoms with Gasteiger partial charge >= 0.3 is 0 Å². The van der Waals surface area contributed by atoms with Gasteiger partial charge in [0.25, 0.3) is 5.91 Å². The van der Waals surface area contributed by atoms with Crippen LogP contribution in [0.5, 0.6) is 0 Å². The van der Waals surface area contributed by atoms with Crippen LogP contribution < -0.4 is 5.32 Å². The van der Waals surface area contributed by atoms with Crippen molar-refractivity contribution < 1.29 is 23.9 Å². The van der Waals surface area contributed by atoms with Crippen LogP contribution in [0.4, 0.5) is 5.95 Å². The van der Waals surface area contributed by atoms with Crippen LogP contribution in [-0.2, 0) is 19.9 Å². The molecule has 2 N–H and O–H groups in total. The molecule has 0 aliphatic carbocycles. The molecular weight excluding hydrogens is 440 g/mol. The Kier molecular flexibility index (Phi) is 5.98. The Morgan fingerprint density at radius 3 is 2.76 bits per heavy atom. The van der Waals surface area contributed by atoms with E-state index in [0.717, 1.165) is 6.42 Å². The highest BCUT2D eigenvalue weighted by atomic mass is 16.5. The number of likely N-dealkylation sites (N-methyl/N-ethyl adjacent to an activating group) is 1. The molecule has 0 saturated carbocycles. The quantitative estimate of drug-likeness (QED) is 0.549. The smallest absolute Gasteiger partial charge is 0.262 e. The number of nitrogens with one attached hydrogen (secondary N) is 1. The predicted molar refractivity (Wildman–Crippen MR) is 121 cm³/mol. The number of hydrogen-bond donors (Lipinski definition) is 2. The van der Waals surface area contributed by atoms with Crippen molar-refractivity contribution in [3.63, 3.8) is 0 Å². The number of carbonyl (C=O) groups excluding carboxylic acids is 1. The summed E-state index contributed by atoms with van der Waals surface area (Å²) >= 11 is 0. The molecule has 0 spiro atoms. The lowest BCUT2D eigenvalue weighted by molar-refractivity contribution is -0.144. The third-order valence-electron chi connectivity index (χ3n) is 6.27. The van der Waals surface area contributed by atoms with Gasteiger partial charge in [-0.15, -0.1) is 0 Å². The van der Waals surface area contributed by atoms with Crippen molar-refractivity contribution >= 4 is 11.9 Å². The maximum absolute atomic E-state index is 12.4. The molecule has 2 aliphatic heterocycles. The Labute approximate surface area is 196 Å². The average molecular weight is 466 g/mol. The number of amides is 1. The minimum atomic E-state index is -1.70. The summed E-state index contributed by atoms with van der Waals surface area (Å²) in [4.78, 5) is 27.4. The first-order valence-electron chi connectivity index (χ1n) is 11.1. The van der Waals surface area contributed by atoms with Gasteiger partial charge in [0.1, 0.15) is 5.69 Å². The first-order valence-corrected chi connectivity index (χ1v) is 11.1. The number of aromatic nitrogens is 4. The van der Waals surface area contributed by atoms with Crippen LogP contribution in [0.3, 0.4) is 0 Å². The zero-order chi connectivity index (χ0) is 23.7. The second-order valence-corrected chi connectivity index (χ2v) is 8.48. The van der Waals surface area contributed by atoms with E-state index in [4.69, 9.17) is 14.0 Å². The highest BCUT2D eigenvalue weighted by Crippen LogP contribution is 2.34. The van der Waals surface area contributed by atoms with E-state index in [2.05, 4.69) is 25.4 Å². The number of methoxy groups -OCH3 is 1. The van der Waals surface area contributed by atoms with Crippen LogP contribution in [0, 0.1) is 0 Å². The number of rotatable bonds is 6. The third kappa shape index (κ3) is 4.13. The van der Waals surface area contributed by atoms with Crippen molar-refractivity contribution in [2.24, 2.45) is 0 Å². The van der Waals surface area contributed by atoms with E-state index >= 15 is 0 Å². The van der Waals surface area contributed by atoms with Crippen LogP contribution in [0.2, 0.25) is 0 Å². The number of pyridine rings is 1. The van der Waals surface area contributed by atoms with Crippen LogP contribution in [0.25, 0.3) is 22.8 Å². The van der Waals surface area contributed by atoms with Crippen molar-refractivity contribution in [1.82, 2.24) is 25.0 Å². The monoisotopic (exact) mass is 466 g/mol. The maximum Gasteiger partial charge on any atom is 0.262 e. The van der Waals surface area contributed by atoms with E-state index in [1.807, 2.05) is 12.1 Å². The summed E-state index contributed by atoms with van der Waals surface area (Å²) in [6.07, 6.45) is 2.73. The minimum absolute atomic E-state index is 0.0187. The van der Waals surface area contributed by atoms with Gasteiger partial charge < -0.3 is 29.3 Å². The van der Waals surface area contributed by atoms with Gasteiger partial charge in [0.2, 0.25) is 11.5 Å². The topological polar surface area (TPSA) is 136 Å². The molecule has 0 bridgehead atoms. The average Bonchev–Trinajstić information content (AvgIpc) is 3.47. The van der Waals surface area contributed by atoms with Gasteiger partial charge in [0.15, 0.2) is 5.76 Å². The fourth-order valence-corrected chi connectivity index (χ4v) is 4.26. The molecular formula is C23H26N6O5. The van der Waals surface area contributed by atoms with Crippen molar-refractivity contribution in [3.8, 4) is 22.8 Å². The summed E-state index contributed by atoms with van der Waals surface area (Å²) in [7, 11) is 3.33. The molecule has 3 aromatic heterocycles. The van der Waals surface area contributed by atoms with Crippen LogP contribution in [-0.4, -0.2) is 82.1 Å². The summed E-state index contributed by atoms with van der Waals surface area (Å²) in [5, 5.41) is 18.1. The lowest BCUT2D eigenvalue weighted by atomic mass is 9.98. The standard InChI is InChI=1S/C23H26N6O5/c1-29-10-8-23(31,21(29)30)20-12-17(28-34-20)15-5-3-4-14(25-15)16-6-9-24-22(26-16)27-18-13-33-11-7-19(18)32-2/h3-6,9,12,18-19,31H,7-8,10-11,13H2,1-2H3,(H,24,26,27)/t18-,19-,23-/m1/s1. The van der Waals surface area contributed by atoms with Crippen molar-refractivity contribution in [1.29, 1.82) is 0 Å². The Morgan fingerprint density at radius 2 is 2.00 bits per heavy atom. The Bertz CT molecular complexity index is 1190. The first-order chi connectivity index (χ1) is 16.5. The zero-order valence-corrected chi connectivity index (χ0v) is 19.0. The van der Waals surface area contributed by atoms with Crippen LogP contribution >= 0.6 is 0 Å². The van der Waals surface area contributed by atoms with E-state index in [1.165, 1.54) is 4.90 Å². The highest BCUT2D eigenvalue weighted by Gasteiger charge is 2.48. The Morgan fingerprint density at radius 1 is 1.21 bits per heavy atom. The SMILES string of the molecule is CO[C@@H]1CCOC[C@H]1Nc1nccc(-c2cccc(-c3cc([C@]4(O)CCN(C)C4=O)on3)n2)n1. The Balaban J connectivity index is 1.38. The number of likely N-dealkylation sites (tertiary alicyclic amines) is 1. The van der Waals surface area contributed by atoms with E-state index in [9.17, 15) is 9.90 Å². The van der Waals surface area contributed by atoms with E-state index < -0.39 is 11.5 Å². The van der Waals surface area contributed by atoms with Gasteiger partial charge in [-0.05, 0) is 24.6 Å². The molecule has 11 heteroatoms. The summed E-state index contributed by atoms with van der Waals surface area (Å²) in [5.74, 6) is 0.161. The molecule has 3 atom stereocenters. The zero-order valence-electron chi connectivity index (χ0n) is 19.0. The maximum atomic E-state index is 12.4. The van der Waals surface area contributed by atoms with Gasteiger partial charge in [-0.2, -0.15) is 0 Å². The van der Waals surface area contributed by atoms with Crippen molar-refractivity contribution in [2.75, 3.05) is 39.2 Å². The number of carbonyl (C=O) groups is 1. The molecule has 1 amide bonds. The van der Waals surface area contributed by atoms with Crippen LogP contribution in [0.15, 0.2) is 41.1 Å². The second-order valence-electron chi connectivity index (χ2n) is 8.48. The predicted octanol–water partition coefficient (Wildman–Crippen LogP) is 1.46. The number of ether oxygens (including phenoxy) is 2. The fraction of sp³-hybridized carbons (Fsp3) is 0.435. The number of anilines is 1. The molecule has 178 valence electrons. The summed E-state index contributed by atoms with van der Waals surface area (Å²) in [6, 6.07) is 8.73. The summed E-state index contributed by atoms with van der Waals surface area (Å²) in [5.41, 5.74) is 0.491. The minimum Gasteiger partial charge on any atom is -0.379 e. The lowest BCUT2D eigenvalue weighted by Gasteiger charge is -2.30. The van der Waals surface area contributed by atoms with Crippen molar-refractivity contribution in [3.05, 3.63) is 42.3 Å².